The van der Waals surface area contributed by atoms with Gasteiger partial charge in [-0.2, -0.15) is 5.10 Å². The van der Waals surface area contributed by atoms with Crippen LogP contribution in [0.2, 0.25) is 0 Å². The third-order valence-corrected chi connectivity index (χ3v) is 6.93. The molecule has 4 fully saturated rings. The minimum absolute atomic E-state index is 0.102. The number of aromatic nitrogens is 2. The molecule has 0 aromatic carbocycles. The van der Waals surface area contributed by atoms with Gasteiger partial charge in [0.25, 0.3) is 0 Å². The van der Waals surface area contributed by atoms with Crippen molar-refractivity contribution < 1.29 is 4.79 Å². The largest absolute Gasteiger partial charge is 0.339 e. The third kappa shape index (κ3) is 2.41. The summed E-state index contributed by atoms with van der Waals surface area (Å²) in [7, 11) is 1.98. The van der Waals surface area contributed by atoms with Crippen LogP contribution in [0.25, 0.3) is 0 Å². The highest BCUT2D eigenvalue weighted by Crippen LogP contribution is 2.69. The van der Waals surface area contributed by atoms with Gasteiger partial charge in [-0.1, -0.05) is 13.8 Å². The number of rotatable bonds is 4. The van der Waals surface area contributed by atoms with E-state index in [9.17, 15) is 4.79 Å². The van der Waals surface area contributed by atoms with Gasteiger partial charge in [-0.25, -0.2) is 0 Å². The number of hydrogen-bond acceptors (Lipinski definition) is 2. The molecule has 4 saturated carbocycles. The van der Waals surface area contributed by atoms with E-state index >= 15 is 0 Å². The number of aryl methyl sites for hydroxylation is 1. The molecule has 0 spiro atoms. The van der Waals surface area contributed by atoms with Crippen LogP contribution >= 0.6 is 0 Å². The highest BCUT2D eigenvalue weighted by Gasteiger charge is 2.63. The molecule has 0 saturated heterocycles. The summed E-state index contributed by atoms with van der Waals surface area (Å²) in [5, 5.41) is 4.34. The van der Waals surface area contributed by atoms with Gasteiger partial charge in [0.2, 0.25) is 5.91 Å². The normalized spacial score (nSPS) is 40.1. The van der Waals surface area contributed by atoms with Crippen LogP contribution in [0.5, 0.6) is 0 Å². The van der Waals surface area contributed by atoms with Gasteiger partial charge < -0.3 is 4.90 Å². The topological polar surface area (TPSA) is 38.1 Å². The van der Waals surface area contributed by atoms with Gasteiger partial charge in [-0.15, -0.1) is 0 Å². The third-order valence-electron chi connectivity index (χ3n) is 6.93. The first-order chi connectivity index (χ1) is 11.3. The van der Waals surface area contributed by atoms with E-state index in [2.05, 4.69) is 25.9 Å². The fraction of sp³-hybridized carbons (Fsp3) is 0.800. The van der Waals surface area contributed by atoms with Crippen molar-refractivity contribution in [3.63, 3.8) is 0 Å². The van der Waals surface area contributed by atoms with Gasteiger partial charge in [-0.05, 0) is 68.3 Å². The number of amides is 1. The fourth-order valence-electron chi connectivity index (χ4n) is 7.18. The maximum absolute atomic E-state index is 13.5. The van der Waals surface area contributed by atoms with Crippen molar-refractivity contribution >= 4 is 5.91 Å². The molecule has 0 unspecified atom stereocenters. The Morgan fingerprint density at radius 3 is 2.50 bits per heavy atom. The predicted molar refractivity (Wildman–Crippen MR) is 94.2 cm³/mol. The lowest BCUT2D eigenvalue weighted by Crippen LogP contribution is -2.59. The average Bonchev–Trinajstić information content (AvgIpc) is 2.89. The summed E-state index contributed by atoms with van der Waals surface area (Å²) >= 11 is 0. The molecule has 4 aliphatic carbocycles. The lowest BCUT2D eigenvalue weighted by atomic mass is 9.40. The van der Waals surface area contributed by atoms with Crippen LogP contribution in [-0.4, -0.2) is 27.6 Å². The fourth-order valence-corrected chi connectivity index (χ4v) is 7.18. The zero-order valence-electron chi connectivity index (χ0n) is 15.6. The molecule has 2 atom stereocenters. The van der Waals surface area contributed by atoms with Gasteiger partial charge in [-0.3, -0.25) is 9.48 Å². The lowest BCUT2D eigenvalue weighted by Gasteiger charge is -2.65. The van der Waals surface area contributed by atoms with Crippen molar-refractivity contribution in [2.24, 2.45) is 22.2 Å². The van der Waals surface area contributed by atoms with Gasteiger partial charge >= 0.3 is 0 Å². The maximum Gasteiger partial charge on any atom is 0.228 e. The van der Waals surface area contributed by atoms with Gasteiger partial charge in [0.15, 0.2) is 0 Å². The summed E-state index contributed by atoms with van der Waals surface area (Å²) in [4.78, 5) is 15.5. The first kappa shape index (κ1) is 16.2. The van der Waals surface area contributed by atoms with E-state index in [1.54, 1.807) is 0 Å². The van der Waals surface area contributed by atoms with Crippen LogP contribution in [0, 0.1) is 22.2 Å². The van der Waals surface area contributed by atoms with Crippen molar-refractivity contribution in [1.29, 1.82) is 0 Å². The second-order valence-electron chi connectivity index (χ2n) is 9.71. The highest BCUT2D eigenvalue weighted by molar-refractivity contribution is 5.83. The molecule has 0 radical (unpaired) electrons. The van der Waals surface area contributed by atoms with Gasteiger partial charge in [0, 0.05) is 19.8 Å². The van der Waals surface area contributed by atoms with E-state index in [-0.39, 0.29) is 5.41 Å². The number of nitrogens with zero attached hydrogens (tertiary/aromatic N) is 3. The van der Waals surface area contributed by atoms with Crippen LogP contribution in [0.3, 0.4) is 0 Å². The standard InChI is InChI=1S/C20H31N3O/c1-5-23-16(6-7-21-23)11-22(4)17(24)20-10-15-8-18(2,13-20)12-19(3,9-15)14-20/h6-7,15H,5,8-14H2,1-4H3/t15?,18-,19-,20?/m1/s1. The zero-order chi connectivity index (χ0) is 17.2. The molecule has 4 heteroatoms. The van der Waals surface area contributed by atoms with Crippen molar-refractivity contribution in [2.45, 2.75) is 72.4 Å². The van der Waals surface area contributed by atoms with Crippen LogP contribution in [0.1, 0.15) is 65.0 Å². The summed E-state index contributed by atoms with van der Waals surface area (Å²) in [5.41, 5.74) is 1.80. The van der Waals surface area contributed by atoms with E-state index in [4.69, 9.17) is 0 Å². The molecular weight excluding hydrogens is 298 g/mol. The molecule has 4 nitrogen and oxygen atoms in total. The molecule has 1 aromatic heterocycles. The van der Waals surface area contributed by atoms with E-state index < -0.39 is 0 Å². The Morgan fingerprint density at radius 1 is 1.25 bits per heavy atom. The van der Waals surface area contributed by atoms with Crippen molar-refractivity contribution in [1.82, 2.24) is 14.7 Å². The molecular formula is C20H31N3O. The maximum atomic E-state index is 13.5. The molecule has 1 heterocycles. The summed E-state index contributed by atoms with van der Waals surface area (Å²) in [6.07, 6.45) is 9.15. The molecule has 4 aliphatic rings. The van der Waals surface area contributed by atoms with Crippen LogP contribution in [-0.2, 0) is 17.9 Å². The Balaban J connectivity index is 1.57. The minimum atomic E-state index is -0.102. The highest BCUT2D eigenvalue weighted by atomic mass is 16.2. The first-order valence-corrected chi connectivity index (χ1v) is 9.53. The molecule has 132 valence electrons. The zero-order valence-corrected chi connectivity index (χ0v) is 15.6. The van der Waals surface area contributed by atoms with Crippen molar-refractivity contribution in [3.8, 4) is 0 Å². The summed E-state index contributed by atoms with van der Waals surface area (Å²) in [5.74, 6) is 1.14. The minimum Gasteiger partial charge on any atom is -0.339 e. The van der Waals surface area contributed by atoms with Crippen LogP contribution < -0.4 is 0 Å². The van der Waals surface area contributed by atoms with Gasteiger partial charge in [0.05, 0.1) is 17.7 Å². The SMILES string of the molecule is CCn1nccc1CN(C)C(=O)C12CC3C[C@@](C)(C1)C[C@@](C)(C3)C2. The Bertz CT molecular complexity index is 646. The summed E-state index contributed by atoms with van der Waals surface area (Å²) in [6, 6.07) is 2.04. The molecule has 4 bridgehead atoms. The monoisotopic (exact) mass is 329 g/mol. The Hall–Kier alpha value is -1.32. The van der Waals surface area contributed by atoms with E-state index in [0.29, 0.717) is 23.3 Å². The molecule has 0 aliphatic heterocycles. The summed E-state index contributed by atoms with van der Waals surface area (Å²) < 4.78 is 1.99. The smallest absolute Gasteiger partial charge is 0.228 e. The number of hydrogen-bond donors (Lipinski definition) is 0. The van der Waals surface area contributed by atoms with Crippen molar-refractivity contribution in [3.05, 3.63) is 18.0 Å². The second-order valence-corrected chi connectivity index (χ2v) is 9.71. The molecule has 1 amide bonds. The summed E-state index contributed by atoms with van der Waals surface area (Å²) in [6.45, 7) is 8.49. The van der Waals surface area contributed by atoms with Crippen LogP contribution in [0.4, 0.5) is 0 Å². The predicted octanol–water partition coefficient (Wildman–Crippen LogP) is 3.86. The Kier molecular flexibility index (Phi) is 3.43. The number of carbonyl (C=O) groups is 1. The van der Waals surface area contributed by atoms with E-state index in [0.717, 1.165) is 37.4 Å². The average molecular weight is 329 g/mol. The first-order valence-electron chi connectivity index (χ1n) is 9.53. The molecule has 1 aromatic rings. The van der Waals surface area contributed by atoms with Crippen LogP contribution in [0.15, 0.2) is 12.3 Å². The van der Waals surface area contributed by atoms with E-state index in [1.165, 1.54) is 19.3 Å². The molecule has 24 heavy (non-hydrogen) atoms. The Labute approximate surface area is 145 Å². The van der Waals surface area contributed by atoms with E-state index in [1.807, 2.05) is 28.9 Å². The molecule has 0 N–H and O–H groups in total. The van der Waals surface area contributed by atoms with Crippen molar-refractivity contribution in [2.75, 3.05) is 7.05 Å². The quantitative estimate of drug-likeness (QED) is 0.841. The lowest BCUT2D eigenvalue weighted by molar-refractivity contribution is -0.178. The number of carbonyl (C=O) groups excluding carboxylic acids is 1. The Morgan fingerprint density at radius 2 is 1.92 bits per heavy atom. The molecule has 5 rings (SSSR count). The second kappa shape index (κ2) is 5.09. The van der Waals surface area contributed by atoms with Gasteiger partial charge in [0.1, 0.15) is 0 Å².